The van der Waals surface area contributed by atoms with E-state index in [0.717, 1.165) is 23.5 Å². The number of nitrogens with zero attached hydrogens (tertiary/aromatic N) is 3. The molecule has 2 fully saturated rings. The summed E-state index contributed by atoms with van der Waals surface area (Å²) in [6.07, 6.45) is -4.36. The number of rotatable bonds is 3. The molecule has 1 aromatic heterocycles. The summed E-state index contributed by atoms with van der Waals surface area (Å²) in [5, 5.41) is 3.15. The van der Waals surface area contributed by atoms with E-state index in [1.54, 1.807) is 7.11 Å². The number of ether oxygens (including phenoxy) is 2. The SMILES string of the molecule is COc1ccc(N2CCOCC2)c2sc(NC(=O)N3CCC(C(F)(F)F)CC3)nc12. The number of carbonyl (C=O) groups excluding carboxylic acids is 1. The second-order valence-electron chi connectivity index (χ2n) is 7.32. The number of nitrogens with one attached hydrogen (secondary N) is 1. The average Bonchev–Trinajstić information content (AvgIpc) is 3.16. The van der Waals surface area contributed by atoms with Crippen molar-refractivity contribution < 1.29 is 27.4 Å². The van der Waals surface area contributed by atoms with E-state index >= 15 is 0 Å². The van der Waals surface area contributed by atoms with Crippen LogP contribution in [0.1, 0.15) is 12.8 Å². The summed E-state index contributed by atoms with van der Waals surface area (Å²) < 4.78 is 50.3. The minimum Gasteiger partial charge on any atom is -0.494 e. The molecule has 2 amide bonds. The molecular formula is C19H23F3N4O3S. The van der Waals surface area contributed by atoms with Crippen molar-refractivity contribution in [2.75, 3.05) is 56.7 Å². The second-order valence-corrected chi connectivity index (χ2v) is 8.32. The van der Waals surface area contributed by atoms with E-state index in [1.807, 2.05) is 12.1 Å². The first-order chi connectivity index (χ1) is 14.4. The lowest BCUT2D eigenvalue weighted by Crippen LogP contribution is -2.43. The molecule has 4 rings (SSSR count). The Morgan fingerprint density at radius 2 is 1.93 bits per heavy atom. The monoisotopic (exact) mass is 444 g/mol. The first kappa shape index (κ1) is 21.0. The lowest BCUT2D eigenvalue weighted by Gasteiger charge is -2.32. The van der Waals surface area contributed by atoms with Crippen molar-refractivity contribution >= 4 is 38.4 Å². The summed E-state index contributed by atoms with van der Waals surface area (Å²) >= 11 is 1.33. The highest BCUT2D eigenvalue weighted by Gasteiger charge is 2.41. The summed E-state index contributed by atoms with van der Waals surface area (Å²) in [6.45, 7) is 2.95. The first-order valence-electron chi connectivity index (χ1n) is 9.79. The number of fused-ring (bicyclic) bond motifs is 1. The van der Waals surface area contributed by atoms with Gasteiger partial charge in [-0.3, -0.25) is 5.32 Å². The van der Waals surface area contributed by atoms with Gasteiger partial charge in [0.25, 0.3) is 0 Å². The number of benzene rings is 1. The van der Waals surface area contributed by atoms with Crippen LogP contribution in [0.5, 0.6) is 5.75 Å². The van der Waals surface area contributed by atoms with Gasteiger partial charge in [-0.05, 0) is 25.0 Å². The number of morpholine rings is 1. The Balaban J connectivity index is 1.51. The molecule has 11 heteroatoms. The third kappa shape index (κ3) is 4.27. The van der Waals surface area contributed by atoms with E-state index in [9.17, 15) is 18.0 Å². The van der Waals surface area contributed by atoms with Gasteiger partial charge in [0, 0.05) is 26.2 Å². The number of anilines is 2. The maximum absolute atomic E-state index is 12.8. The number of likely N-dealkylation sites (tertiary alicyclic amines) is 1. The van der Waals surface area contributed by atoms with Gasteiger partial charge in [-0.15, -0.1) is 0 Å². The number of amides is 2. The van der Waals surface area contributed by atoms with Crippen LogP contribution in [0.15, 0.2) is 12.1 Å². The summed E-state index contributed by atoms with van der Waals surface area (Å²) in [5.74, 6) is -0.742. The smallest absolute Gasteiger partial charge is 0.391 e. The zero-order chi connectivity index (χ0) is 21.3. The summed E-state index contributed by atoms with van der Waals surface area (Å²) in [5.41, 5.74) is 1.65. The molecule has 0 atom stereocenters. The van der Waals surface area contributed by atoms with Crippen LogP contribution in [0.2, 0.25) is 0 Å². The molecule has 1 N–H and O–H groups in total. The van der Waals surface area contributed by atoms with E-state index in [1.165, 1.54) is 16.2 Å². The highest BCUT2D eigenvalue weighted by Crippen LogP contribution is 2.40. The molecule has 0 bridgehead atoms. The number of alkyl halides is 3. The fourth-order valence-corrected chi connectivity index (χ4v) is 4.84. The molecule has 0 spiro atoms. The molecule has 0 radical (unpaired) electrons. The number of hydrogen-bond donors (Lipinski definition) is 1. The number of urea groups is 1. The zero-order valence-corrected chi connectivity index (χ0v) is 17.3. The topological polar surface area (TPSA) is 66.9 Å². The van der Waals surface area contributed by atoms with Gasteiger partial charge in [-0.1, -0.05) is 11.3 Å². The minimum atomic E-state index is -4.21. The van der Waals surface area contributed by atoms with Gasteiger partial charge in [-0.2, -0.15) is 13.2 Å². The number of carbonyl (C=O) groups is 1. The van der Waals surface area contributed by atoms with Gasteiger partial charge in [0.15, 0.2) is 5.13 Å². The van der Waals surface area contributed by atoms with Gasteiger partial charge in [-0.25, -0.2) is 9.78 Å². The van der Waals surface area contributed by atoms with E-state index in [0.29, 0.717) is 29.6 Å². The molecule has 2 aliphatic heterocycles. The maximum Gasteiger partial charge on any atom is 0.391 e. The van der Waals surface area contributed by atoms with Gasteiger partial charge < -0.3 is 19.3 Å². The van der Waals surface area contributed by atoms with Gasteiger partial charge in [0.2, 0.25) is 0 Å². The Labute approximate surface area is 175 Å². The first-order valence-corrected chi connectivity index (χ1v) is 10.6. The maximum atomic E-state index is 12.8. The fraction of sp³-hybridized carbons (Fsp3) is 0.579. The van der Waals surface area contributed by atoms with Crippen molar-refractivity contribution in [2.45, 2.75) is 19.0 Å². The van der Waals surface area contributed by atoms with Crippen LogP contribution in [0, 0.1) is 5.92 Å². The normalized spacial score (nSPS) is 18.7. The van der Waals surface area contributed by atoms with Crippen LogP contribution >= 0.6 is 11.3 Å². The molecule has 0 saturated carbocycles. The Hall–Kier alpha value is -2.27. The fourth-order valence-electron chi connectivity index (χ4n) is 3.82. The molecule has 0 unspecified atom stereocenters. The van der Waals surface area contributed by atoms with Crippen molar-refractivity contribution in [1.82, 2.24) is 9.88 Å². The molecule has 2 aromatic rings. The van der Waals surface area contributed by atoms with Crippen molar-refractivity contribution in [3.05, 3.63) is 12.1 Å². The quantitative estimate of drug-likeness (QED) is 0.777. The van der Waals surface area contributed by atoms with Gasteiger partial charge >= 0.3 is 12.2 Å². The lowest BCUT2D eigenvalue weighted by molar-refractivity contribution is -0.183. The number of halogens is 3. The van der Waals surface area contributed by atoms with Crippen molar-refractivity contribution in [3.8, 4) is 5.75 Å². The molecule has 3 heterocycles. The minimum absolute atomic E-state index is 0.0727. The van der Waals surface area contributed by atoms with Crippen LogP contribution in [0.3, 0.4) is 0 Å². The van der Waals surface area contributed by atoms with Crippen LogP contribution in [0.4, 0.5) is 28.8 Å². The number of piperidine rings is 1. The van der Waals surface area contributed by atoms with Crippen molar-refractivity contribution in [2.24, 2.45) is 5.92 Å². The van der Waals surface area contributed by atoms with E-state index in [4.69, 9.17) is 9.47 Å². The van der Waals surface area contributed by atoms with E-state index < -0.39 is 18.1 Å². The third-order valence-electron chi connectivity index (χ3n) is 5.52. The van der Waals surface area contributed by atoms with Gasteiger partial charge in [0.1, 0.15) is 11.3 Å². The molecule has 7 nitrogen and oxygen atoms in total. The van der Waals surface area contributed by atoms with Crippen LogP contribution in [-0.4, -0.2) is 68.6 Å². The summed E-state index contributed by atoms with van der Waals surface area (Å²) in [6, 6.07) is 3.39. The Morgan fingerprint density at radius 1 is 1.23 bits per heavy atom. The highest BCUT2D eigenvalue weighted by molar-refractivity contribution is 7.23. The van der Waals surface area contributed by atoms with Gasteiger partial charge in [0.05, 0.1) is 36.6 Å². The van der Waals surface area contributed by atoms with Crippen LogP contribution in [0.25, 0.3) is 10.2 Å². The molecule has 0 aliphatic carbocycles. The standard InChI is InChI=1S/C19H23F3N4O3S/c1-28-14-3-2-13(25-8-10-29-11-9-25)16-15(14)23-17(30-16)24-18(27)26-6-4-12(5-7-26)19(20,21)22/h2-3,12H,4-11H2,1H3,(H,23,24,27). The van der Waals surface area contributed by atoms with Crippen molar-refractivity contribution in [3.63, 3.8) is 0 Å². The molecule has 2 aliphatic rings. The van der Waals surface area contributed by atoms with Crippen LogP contribution in [-0.2, 0) is 4.74 Å². The second kappa shape index (κ2) is 8.46. The van der Waals surface area contributed by atoms with Crippen molar-refractivity contribution in [1.29, 1.82) is 0 Å². The predicted octanol–water partition coefficient (Wildman–Crippen LogP) is 3.95. The lowest BCUT2D eigenvalue weighted by atomic mass is 9.96. The molecular weight excluding hydrogens is 421 g/mol. The molecule has 164 valence electrons. The Kier molecular flexibility index (Phi) is 5.92. The number of thiazole rings is 1. The Bertz CT molecular complexity index is 906. The third-order valence-corrected chi connectivity index (χ3v) is 6.51. The van der Waals surface area contributed by atoms with E-state index in [2.05, 4.69) is 15.2 Å². The average molecular weight is 444 g/mol. The molecule has 30 heavy (non-hydrogen) atoms. The number of methoxy groups -OCH3 is 1. The number of hydrogen-bond acceptors (Lipinski definition) is 6. The molecule has 2 saturated heterocycles. The van der Waals surface area contributed by atoms with Crippen LogP contribution < -0.4 is 15.0 Å². The Morgan fingerprint density at radius 3 is 2.57 bits per heavy atom. The summed E-state index contributed by atoms with van der Waals surface area (Å²) in [7, 11) is 1.56. The largest absolute Gasteiger partial charge is 0.494 e. The predicted molar refractivity (Wildman–Crippen MR) is 109 cm³/mol. The summed E-state index contributed by atoms with van der Waals surface area (Å²) in [4.78, 5) is 20.7. The van der Waals surface area contributed by atoms with E-state index in [-0.39, 0.29) is 25.9 Å². The highest BCUT2D eigenvalue weighted by atomic mass is 32.1. The zero-order valence-electron chi connectivity index (χ0n) is 16.5. The molecule has 1 aromatic carbocycles. The number of aromatic nitrogens is 1.